The van der Waals surface area contributed by atoms with Gasteiger partial charge in [0.1, 0.15) is 5.82 Å². The highest BCUT2D eigenvalue weighted by atomic mass is 35.5. The summed E-state index contributed by atoms with van der Waals surface area (Å²) in [5, 5.41) is 12.1. The number of nitrogens with one attached hydrogen (secondary N) is 1. The zero-order valence-corrected chi connectivity index (χ0v) is 14.5. The molecule has 1 atom stereocenters. The minimum Gasteiger partial charge on any atom is -0.481 e. The van der Waals surface area contributed by atoms with Crippen molar-refractivity contribution in [3.63, 3.8) is 0 Å². The summed E-state index contributed by atoms with van der Waals surface area (Å²) in [7, 11) is 0. The quantitative estimate of drug-likeness (QED) is 0.792. The molecule has 25 heavy (non-hydrogen) atoms. The molecule has 0 heterocycles. The third kappa shape index (κ3) is 5.57. The van der Waals surface area contributed by atoms with Crippen molar-refractivity contribution in [2.75, 3.05) is 6.54 Å². The lowest BCUT2D eigenvalue weighted by atomic mass is 9.98. The van der Waals surface area contributed by atoms with Crippen LogP contribution in [0.1, 0.15) is 16.7 Å². The van der Waals surface area contributed by atoms with Gasteiger partial charge in [-0.05, 0) is 31.0 Å². The summed E-state index contributed by atoms with van der Waals surface area (Å²) in [5.41, 5.74) is 2.03. The van der Waals surface area contributed by atoms with Gasteiger partial charge < -0.3 is 10.4 Å². The number of halogens is 2. The van der Waals surface area contributed by atoms with Gasteiger partial charge in [-0.2, -0.15) is 0 Å². The molecule has 2 aromatic carbocycles. The monoisotopic (exact) mass is 363 g/mol. The van der Waals surface area contributed by atoms with Crippen molar-refractivity contribution in [1.82, 2.24) is 5.32 Å². The average molecular weight is 364 g/mol. The topological polar surface area (TPSA) is 66.4 Å². The van der Waals surface area contributed by atoms with Crippen LogP contribution in [0.2, 0.25) is 5.02 Å². The Balaban J connectivity index is 1.96. The molecule has 0 fully saturated rings. The second kappa shape index (κ2) is 8.62. The van der Waals surface area contributed by atoms with Gasteiger partial charge in [-0.25, -0.2) is 4.39 Å². The van der Waals surface area contributed by atoms with Gasteiger partial charge in [-0.15, -0.1) is 0 Å². The molecule has 4 nitrogen and oxygen atoms in total. The number of hydrogen-bond acceptors (Lipinski definition) is 2. The molecule has 0 spiro atoms. The Hall–Kier alpha value is -2.40. The Morgan fingerprint density at radius 1 is 1.24 bits per heavy atom. The fraction of sp³-hybridized carbons (Fsp3) is 0.263. The van der Waals surface area contributed by atoms with E-state index >= 15 is 0 Å². The number of benzene rings is 2. The summed E-state index contributed by atoms with van der Waals surface area (Å²) in [5.74, 6) is -2.78. The zero-order chi connectivity index (χ0) is 18.4. The summed E-state index contributed by atoms with van der Waals surface area (Å²) in [6, 6.07) is 11.8. The van der Waals surface area contributed by atoms with Gasteiger partial charge in [0, 0.05) is 17.1 Å². The molecule has 2 N–H and O–H groups in total. The fourth-order valence-corrected chi connectivity index (χ4v) is 2.76. The number of carboxylic acids is 1. The molecular weight excluding hydrogens is 345 g/mol. The first kappa shape index (κ1) is 18.9. The van der Waals surface area contributed by atoms with Gasteiger partial charge in [0.15, 0.2) is 0 Å². The summed E-state index contributed by atoms with van der Waals surface area (Å²) >= 11 is 5.89. The summed E-state index contributed by atoms with van der Waals surface area (Å²) < 4.78 is 13.7. The van der Waals surface area contributed by atoms with Gasteiger partial charge in [0.05, 0.1) is 12.3 Å². The van der Waals surface area contributed by atoms with Crippen LogP contribution in [0.15, 0.2) is 42.5 Å². The van der Waals surface area contributed by atoms with E-state index in [1.807, 2.05) is 31.2 Å². The molecule has 2 aromatic rings. The third-order valence-corrected chi connectivity index (χ3v) is 4.21. The molecule has 0 radical (unpaired) electrons. The minimum absolute atomic E-state index is 0.0336. The van der Waals surface area contributed by atoms with Crippen LogP contribution in [-0.2, 0) is 22.4 Å². The largest absolute Gasteiger partial charge is 0.481 e. The highest BCUT2D eigenvalue weighted by molar-refractivity contribution is 6.31. The summed E-state index contributed by atoms with van der Waals surface area (Å²) in [6.45, 7) is 1.90. The SMILES string of the molecule is Cc1cccc(CC(CNC(=O)Cc2c(F)cccc2Cl)C(=O)O)c1. The number of carbonyl (C=O) groups excluding carboxylic acids is 1. The van der Waals surface area contributed by atoms with Crippen molar-refractivity contribution in [2.45, 2.75) is 19.8 Å². The van der Waals surface area contributed by atoms with E-state index in [1.54, 1.807) is 0 Å². The van der Waals surface area contributed by atoms with Crippen LogP contribution < -0.4 is 5.32 Å². The van der Waals surface area contributed by atoms with E-state index < -0.39 is 23.6 Å². The van der Waals surface area contributed by atoms with Crippen molar-refractivity contribution < 1.29 is 19.1 Å². The summed E-state index contributed by atoms with van der Waals surface area (Å²) in [4.78, 5) is 23.5. The van der Waals surface area contributed by atoms with Gasteiger partial charge in [-0.3, -0.25) is 9.59 Å². The Morgan fingerprint density at radius 3 is 2.60 bits per heavy atom. The Kier molecular flexibility index (Phi) is 6.53. The Bertz CT molecular complexity index is 759. The van der Waals surface area contributed by atoms with Crippen molar-refractivity contribution >= 4 is 23.5 Å². The molecule has 1 unspecified atom stereocenters. The maximum absolute atomic E-state index is 13.7. The standard InChI is InChI=1S/C19H19ClFNO3/c1-12-4-2-5-13(8-12)9-14(19(24)25)11-22-18(23)10-15-16(20)6-3-7-17(15)21/h2-8,14H,9-11H2,1H3,(H,22,23)(H,24,25). The maximum atomic E-state index is 13.7. The van der Waals surface area contributed by atoms with Crippen molar-refractivity contribution in [3.05, 3.63) is 70.0 Å². The molecule has 0 saturated carbocycles. The predicted molar refractivity (Wildman–Crippen MR) is 94.1 cm³/mol. The van der Waals surface area contributed by atoms with Crippen molar-refractivity contribution in [2.24, 2.45) is 5.92 Å². The van der Waals surface area contributed by atoms with E-state index in [0.717, 1.165) is 11.1 Å². The summed E-state index contributed by atoms with van der Waals surface area (Å²) in [6.07, 6.45) is 0.0695. The molecule has 2 rings (SSSR count). The molecule has 6 heteroatoms. The fourth-order valence-electron chi connectivity index (χ4n) is 2.53. The van der Waals surface area contributed by atoms with Gasteiger partial charge in [-0.1, -0.05) is 47.5 Å². The van der Waals surface area contributed by atoms with E-state index in [2.05, 4.69) is 5.32 Å². The predicted octanol–water partition coefficient (Wildman–Crippen LogP) is 3.39. The molecule has 0 aromatic heterocycles. The van der Waals surface area contributed by atoms with Crippen LogP contribution in [0.4, 0.5) is 4.39 Å². The molecule has 0 aliphatic heterocycles. The highest BCUT2D eigenvalue weighted by Crippen LogP contribution is 2.19. The van der Waals surface area contributed by atoms with Crippen LogP contribution in [0, 0.1) is 18.7 Å². The molecule has 1 amide bonds. The zero-order valence-electron chi connectivity index (χ0n) is 13.8. The van der Waals surface area contributed by atoms with Crippen LogP contribution in [0.25, 0.3) is 0 Å². The van der Waals surface area contributed by atoms with Crippen LogP contribution in [0.5, 0.6) is 0 Å². The van der Waals surface area contributed by atoms with Gasteiger partial charge >= 0.3 is 5.97 Å². The van der Waals surface area contributed by atoms with E-state index in [-0.39, 0.29) is 23.6 Å². The third-order valence-electron chi connectivity index (χ3n) is 3.86. The number of hydrogen-bond donors (Lipinski definition) is 2. The molecular formula is C19H19ClFNO3. The second-order valence-corrected chi connectivity index (χ2v) is 6.32. The van der Waals surface area contributed by atoms with E-state index in [0.29, 0.717) is 6.42 Å². The van der Waals surface area contributed by atoms with E-state index in [4.69, 9.17) is 11.6 Å². The van der Waals surface area contributed by atoms with E-state index in [9.17, 15) is 19.1 Å². The van der Waals surface area contributed by atoms with Crippen molar-refractivity contribution in [3.8, 4) is 0 Å². The van der Waals surface area contributed by atoms with Crippen molar-refractivity contribution in [1.29, 1.82) is 0 Å². The number of amides is 1. The number of aryl methyl sites for hydroxylation is 1. The van der Waals surface area contributed by atoms with Gasteiger partial charge in [0.2, 0.25) is 5.91 Å². The number of carbonyl (C=O) groups is 2. The first-order chi connectivity index (χ1) is 11.9. The first-order valence-electron chi connectivity index (χ1n) is 7.84. The smallest absolute Gasteiger partial charge is 0.308 e. The molecule has 0 aliphatic carbocycles. The Labute approximate surface area is 150 Å². The number of carboxylic acid groups (broad SMARTS) is 1. The molecule has 132 valence electrons. The average Bonchev–Trinajstić information content (AvgIpc) is 2.55. The van der Waals surface area contributed by atoms with Crippen LogP contribution >= 0.6 is 11.6 Å². The maximum Gasteiger partial charge on any atom is 0.308 e. The Morgan fingerprint density at radius 2 is 1.96 bits per heavy atom. The number of aliphatic carboxylic acids is 1. The normalized spacial score (nSPS) is 11.8. The molecule has 0 saturated heterocycles. The molecule has 0 bridgehead atoms. The lowest BCUT2D eigenvalue weighted by Crippen LogP contribution is -2.35. The first-order valence-corrected chi connectivity index (χ1v) is 8.22. The minimum atomic E-state index is -0.995. The van der Waals surface area contributed by atoms with Crippen LogP contribution in [-0.4, -0.2) is 23.5 Å². The number of rotatable bonds is 7. The molecule has 0 aliphatic rings. The van der Waals surface area contributed by atoms with E-state index in [1.165, 1.54) is 18.2 Å². The lowest BCUT2D eigenvalue weighted by Gasteiger charge is -2.14. The highest BCUT2D eigenvalue weighted by Gasteiger charge is 2.20. The van der Waals surface area contributed by atoms with Gasteiger partial charge in [0.25, 0.3) is 0 Å². The van der Waals surface area contributed by atoms with Crippen LogP contribution in [0.3, 0.4) is 0 Å². The second-order valence-electron chi connectivity index (χ2n) is 5.91. The lowest BCUT2D eigenvalue weighted by molar-refractivity contribution is -0.141.